The van der Waals surface area contributed by atoms with E-state index in [1.54, 1.807) is 0 Å². The van der Waals surface area contributed by atoms with Crippen molar-refractivity contribution < 1.29 is 0 Å². The molecule has 1 heteroatoms. The topological polar surface area (TPSA) is 12.4 Å². The molecule has 9 heavy (non-hydrogen) atoms. The van der Waals surface area contributed by atoms with Crippen molar-refractivity contribution in [1.29, 1.82) is 0 Å². The maximum Gasteiger partial charge on any atom is 0.0360 e. The fraction of sp³-hybridized carbons (Fsp3) is 0.875. The summed E-state index contributed by atoms with van der Waals surface area (Å²) in [7, 11) is 0. The van der Waals surface area contributed by atoms with E-state index in [9.17, 15) is 0 Å². The Kier molecular flexibility index (Phi) is 5.59. The summed E-state index contributed by atoms with van der Waals surface area (Å²) < 4.78 is 0. The molecular formula is C8H17N. The summed E-state index contributed by atoms with van der Waals surface area (Å²) in [5, 5.41) is 0. The van der Waals surface area contributed by atoms with E-state index < -0.39 is 0 Å². The maximum absolute atomic E-state index is 4.28. The molecule has 0 aliphatic rings. The van der Waals surface area contributed by atoms with Crippen LogP contribution < -0.4 is 0 Å². The molecule has 0 saturated heterocycles. The van der Waals surface area contributed by atoms with Crippen LogP contribution in [0.2, 0.25) is 0 Å². The van der Waals surface area contributed by atoms with Crippen molar-refractivity contribution >= 4 is 5.71 Å². The number of aliphatic imine (C=N–C) groups is 1. The number of hydrogen-bond acceptors (Lipinski definition) is 1. The summed E-state index contributed by atoms with van der Waals surface area (Å²) in [6, 6.07) is 0. The zero-order valence-corrected chi connectivity index (χ0v) is 6.78. The van der Waals surface area contributed by atoms with Gasteiger partial charge in [0.1, 0.15) is 0 Å². The SMILES string of the molecule is CCCCC(C)=NCC. The Morgan fingerprint density at radius 3 is 2.44 bits per heavy atom. The van der Waals surface area contributed by atoms with Gasteiger partial charge in [0.2, 0.25) is 0 Å². The molecule has 1 nitrogen and oxygen atoms in total. The third-order valence-electron chi connectivity index (χ3n) is 1.32. The first-order chi connectivity index (χ1) is 4.31. The fourth-order valence-corrected chi connectivity index (χ4v) is 0.782. The molecule has 0 aliphatic heterocycles. The first kappa shape index (κ1) is 8.67. The van der Waals surface area contributed by atoms with Crippen molar-refractivity contribution in [2.75, 3.05) is 6.54 Å². The molecule has 54 valence electrons. The molecule has 0 bridgehead atoms. The van der Waals surface area contributed by atoms with Gasteiger partial charge in [-0.25, -0.2) is 0 Å². The lowest BCUT2D eigenvalue weighted by Crippen LogP contribution is -1.91. The predicted octanol–water partition coefficient (Wildman–Crippen LogP) is 2.66. The van der Waals surface area contributed by atoms with Gasteiger partial charge in [0.05, 0.1) is 0 Å². The van der Waals surface area contributed by atoms with Crippen LogP contribution in [0.4, 0.5) is 0 Å². The van der Waals surface area contributed by atoms with E-state index >= 15 is 0 Å². The molecule has 0 rings (SSSR count). The van der Waals surface area contributed by atoms with E-state index in [4.69, 9.17) is 0 Å². The van der Waals surface area contributed by atoms with Gasteiger partial charge in [-0.3, -0.25) is 4.99 Å². The zero-order valence-electron chi connectivity index (χ0n) is 6.78. The van der Waals surface area contributed by atoms with Crippen LogP contribution in [0.1, 0.15) is 40.0 Å². The Balaban J connectivity index is 3.25. The first-order valence-corrected chi connectivity index (χ1v) is 3.81. The summed E-state index contributed by atoms with van der Waals surface area (Å²) >= 11 is 0. The average Bonchev–Trinajstić information content (AvgIpc) is 1.85. The van der Waals surface area contributed by atoms with Crippen LogP contribution in [0.25, 0.3) is 0 Å². The van der Waals surface area contributed by atoms with E-state index in [2.05, 4.69) is 25.8 Å². The first-order valence-electron chi connectivity index (χ1n) is 3.81. The summed E-state index contributed by atoms with van der Waals surface area (Å²) in [4.78, 5) is 4.28. The molecule has 0 heterocycles. The summed E-state index contributed by atoms with van der Waals surface area (Å²) in [5.41, 5.74) is 1.30. The molecule has 0 aliphatic carbocycles. The zero-order chi connectivity index (χ0) is 7.11. The number of unbranched alkanes of at least 4 members (excludes halogenated alkanes) is 1. The van der Waals surface area contributed by atoms with Crippen LogP contribution in [0, 0.1) is 0 Å². The molecule has 0 N–H and O–H groups in total. The molecule has 0 radical (unpaired) electrons. The van der Waals surface area contributed by atoms with Crippen molar-refractivity contribution in [1.82, 2.24) is 0 Å². The lowest BCUT2D eigenvalue weighted by Gasteiger charge is -1.95. The second kappa shape index (κ2) is 5.80. The Hall–Kier alpha value is -0.330. The van der Waals surface area contributed by atoms with Gasteiger partial charge in [0.25, 0.3) is 0 Å². The highest BCUT2D eigenvalue weighted by molar-refractivity contribution is 5.81. The number of hydrogen-bond donors (Lipinski definition) is 0. The normalized spacial score (nSPS) is 12.1. The van der Waals surface area contributed by atoms with Gasteiger partial charge in [-0.05, 0) is 26.7 Å². The summed E-state index contributed by atoms with van der Waals surface area (Å²) in [6.07, 6.45) is 3.75. The molecule has 0 saturated carbocycles. The van der Waals surface area contributed by atoms with Crippen LogP contribution in [-0.4, -0.2) is 12.3 Å². The smallest absolute Gasteiger partial charge is 0.0360 e. The van der Waals surface area contributed by atoms with Crippen molar-refractivity contribution in [2.24, 2.45) is 4.99 Å². The van der Waals surface area contributed by atoms with Crippen LogP contribution in [0.15, 0.2) is 4.99 Å². The molecule has 0 unspecified atom stereocenters. The largest absolute Gasteiger partial charge is 0.295 e. The van der Waals surface area contributed by atoms with Gasteiger partial charge in [-0.2, -0.15) is 0 Å². The van der Waals surface area contributed by atoms with Gasteiger partial charge in [0.15, 0.2) is 0 Å². The lowest BCUT2D eigenvalue weighted by molar-refractivity contribution is 0.829. The van der Waals surface area contributed by atoms with E-state index in [0.717, 1.165) is 6.54 Å². The second-order valence-corrected chi connectivity index (χ2v) is 2.31. The molecule has 0 amide bonds. The molecule has 0 atom stereocenters. The minimum absolute atomic E-state index is 0.940. The monoisotopic (exact) mass is 127 g/mol. The highest BCUT2D eigenvalue weighted by atomic mass is 14.7. The second-order valence-electron chi connectivity index (χ2n) is 2.31. The van der Waals surface area contributed by atoms with E-state index in [-0.39, 0.29) is 0 Å². The van der Waals surface area contributed by atoms with Crippen LogP contribution in [0.5, 0.6) is 0 Å². The van der Waals surface area contributed by atoms with E-state index in [0.29, 0.717) is 0 Å². The van der Waals surface area contributed by atoms with Crippen molar-refractivity contribution in [2.45, 2.75) is 40.0 Å². The Bertz CT molecular complexity index is 84.6. The summed E-state index contributed by atoms with van der Waals surface area (Å²) in [6.45, 7) is 7.34. The number of nitrogens with zero attached hydrogens (tertiary/aromatic N) is 1. The van der Waals surface area contributed by atoms with Crippen LogP contribution in [-0.2, 0) is 0 Å². The van der Waals surface area contributed by atoms with Crippen LogP contribution >= 0.6 is 0 Å². The molecule has 0 fully saturated rings. The quantitative estimate of drug-likeness (QED) is 0.515. The Labute approximate surface area is 58.2 Å². The maximum atomic E-state index is 4.28. The predicted molar refractivity (Wildman–Crippen MR) is 43.2 cm³/mol. The van der Waals surface area contributed by atoms with Crippen molar-refractivity contribution in [3.8, 4) is 0 Å². The van der Waals surface area contributed by atoms with Gasteiger partial charge < -0.3 is 0 Å². The standard InChI is InChI=1S/C8H17N/c1-4-6-7-8(3)9-5-2/h4-7H2,1-3H3. The Morgan fingerprint density at radius 2 is 2.00 bits per heavy atom. The Morgan fingerprint density at radius 1 is 1.33 bits per heavy atom. The highest BCUT2D eigenvalue weighted by Crippen LogP contribution is 1.95. The summed E-state index contributed by atoms with van der Waals surface area (Å²) in [5.74, 6) is 0. The third kappa shape index (κ3) is 5.54. The lowest BCUT2D eigenvalue weighted by atomic mass is 10.2. The van der Waals surface area contributed by atoms with E-state index in [1.165, 1.54) is 25.0 Å². The van der Waals surface area contributed by atoms with Gasteiger partial charge >= 0.3 is 0 Å². The van der Waals surface area contributed by atoms with Gasteiger partial charge in [-0.1, -0.05) is 13.3 Å². The average molecular weight is 127 g/mol. The fourth-order valence-electron chi connectivity index (χ4n) is 0.782. The molecule has 0 spiro atoms. The van der Waals surface area contributed by atoms with E-state index in [1.807, 2.05) is 0 Å². The minimum Gasteiger partial charge on any atom is -0.295 e. The molecule has 0 aromatic carbocycles. The van der Waals surface area contributed by atoms with Crippen molar-refractivity contribution in [3.63, 3.8) is 0 Å². The van der Waals surface area contributed by atoms with Crippen molar-refractivity contribution in [3.05, 3.63) is 0 Å². The van der Waals surface area contributed by atoms with Gasteiger partial charge in [-0.15, -0.1) is 0 Å². The van der Waals surface area contributed by atoms with Crippen LogP contribution in [0.3, 0.4) is 0 Å². The minimum atomic E-state index is 0.940. The molecule has 0 aromatic rings. The van der Waals surface area contributed by atoms with Gasteiger partial charge in [0, 0.05) is 12.3 Å². The third-order valence-corrected chi connectivity index (χ3v) is 1.32. The molecular weight excluding hydrogens is 110 g/mol. The molecule has 0 aromatic heterocycles. The number of rotatable bonds is 4. The highest BCUT2D eigenvalue weighted by Gasteiger charge is 1.87.